The molecule has 15 rings (SSSR count). The number of aliphatic hydroxyl groups excluding tert-OH is 9. The number of nitrogens with two attached hydrogens (primary N) is 2. The SMILES string of the molecule is CN[C@H](CC(C)C)C(=O)NC1C(=O)NC(CC(N)=O)C(=O)N[C@H]2C(=O)NC3C(=O)N[C@H](C(=O)N[C@@H](O)c4cc(O)cc(O)c4-c4cc3ccc4O)[C@H](O[C@H]3C[C@](C)(N)[C@@H](O)[C@H](C)O3)c3ccc(c(Cl)c3)Oc3cc2cc(c3O[C@@H]2O[C@H](CO)[C@@H](O[C@@H]3O[C@H](CNCCN4CCN(NC(=O)Nc5ccc(OC(F)(F)F)cc5)CC4)[C@H](O)[C@H](O)[C@H]3O)[C@H](O)[C@H]2O)Oc2ccc(cc2Cl)[C@H]1O. The normalized spacial score (nSPS) is 29.8. The maximum atomic E-state index is 16.4. The van der Waals surface area contributed by atoms with Gasteiger partial charge in [0, 0.05) is 86.2 Å². The summed E-state index contributed by atoms with van der Waals surface area (Å²) in [6.45, 7) is 7.37. The average Bonchev–Trinajstić information content (AvgIpc) is 0.762. The molecule has 4 saturated heterocycles. The van der Waals surface area contributed by atoms with Crippen LogP contribution in [-0.2, 0) is 57.2 Å². The number of nitrogens with one attached hydrogen (secondary N) is 10. The smallest absolute Gasteiger partial charge is 0.508 e. The Bertz CT molecular complexity index is 5270. The molecule has 0 aliphatic carbocycles. The summed E-state index contributed by atoms with van der Waals surface area (Å²) in [7, 11) is 1.46. The zero-order chi connectivity index (χ0) is 96.3. The average molecular weight is 1910 g/mol. The molecule has 0 aromatic heterocycles. The number of alkyl halides is 3. The lowest BCUT2D eigenvalue weighted by Crippen LogP contribution is -2.65. The molecule has 9 amide bonds. The van der Waals surface area contributed by atoms with Crippen LogP contribution in [0.4, 0.5) is 23.7 Å². The van der Waals surface area contributed by atoms with Crippen molar-refractivity contribution in [1.82, 2.24) is 57.9 Å². The predicted molar refractivity (Wildman–Crippen MR) is 456 cm³/mol. The van der Waals surface area contributed by atoms with Crippen LogP contribution in [0.5, 0.6) is 51.7 Å². The lowest BCUT2D eigenvalue weighted by molar-refractivity contribution is -0.350. The highest BCUT2D eigenvalue weighted by Gasteiger charge is 2.53. The highest BCUT2D eigenvalue weighted by molar-refractivity contribution is 6.32. The molecule has 0 radical (unpaired) electrons. The van der Waals surface area contributed by atoms with Gasteiger partial charge in [-0.3, -0.25) is 43.9 Å². The number of phenols is 3. The first kappa shape index (κ1) is 99.6. The highest BCUT2D eigenvalue weighted by atomic mass is 35.5. The first-order valence-corrected chi connectivity index (χ1v) is 42.9. The standard InChI is InChI=1S/C85H103Cl2F3N14O29/c1-34(2)22-47(93-5)75(118)99-62-64(110)37-7-14-51(45(86)24-37)126-53-26-39-27-54(71(53)131-82-69(115)67(113)72(56(33-105)129-82)132-81-68(114)66(112)65(111)55(128-81)32-94-16-17-103-18-20-104(21-19-103)102-83(124)95-40-9-11-42(12-10-40)133-85(88,89)90)127-52-15-8-38(25-46(52)87)70(130-58-31-84(4,92)73(116)35(3)125-58)63-80(123)101-74(117)44-28-41(106)29-50(108)59(44)43-23-36(6-13-49(43)107)60(77(120)100-63)98-78(121)61(39)97-76(119)48(30-57(91)109)96-79(62)122/h6-15,23-29,34-35,47-48,55-56,58,60-70,72-74,81-82,93-94,105-108,110-117H,16-22,30-33,92H2,1-5H3,(H2,91,109)(H,96,122)(H,97,119)(H,98,121)(H,99,118)(H,100,120)(H,101,123)(H2,95,102,124)/t35-,47+,48?,55+,56+,58-,60?,61+,62?,63-,64+,65-,66-,67+,68+,69+,70+,72+,73-,74-,81-,82-,84-/m0/s1. The van der Waals surface area contributed by atoms with Gasteiger partial charge < -0.3 is 163 Å². The Morgan fingerprint density at radius 2 is 1.29 bits per heavy atom. The van der Waals surface area contributed by atoms with Crippen molar-refractivity contribution in [3.05, 3.63) is 141 Å². The van der Waals surface area contributed by atoms with Crippen molar-refractivity contribution in [2.45, 2.75) is 193 Å². The third-order valence-corrected chi connectivity index (χ3v) is 23.9. The van der Waals surface area contributed by atoms with E-state index in [9.17, 15) is 88.8 Å². The lowest BCUT2D eigenvalue weighted by Gasteiger charge is -2.46. The summed E-state index contributed by atoms with van der Waals surface area (Å²) < 4.78 is 93.1. The fourth-order valence-electron chi connectivity index (χ4n) is 16.4. The Hall–Kier alpha value is -10.9. The van der Waals surface area contributed by atoms with Crippen molar-refractivity contribution in [1.29, 1.82) is 0 Å². The summed E-state index contributed by atoms with van der Waals surface area (Å²) in [5.74, 6) is -14.9. The van der Waals surface area contributed by atoms with E-state index >= 15 is 24.0 Å². The molecule has 3 unspecified atom stereocenters. The molecule has 6 aromatic carbocycles. The van der Waals surface area contributed by atoms with E-state index in [0.717, 1.165) is 72.8 Å². The van der Waals surface area contributed by atoms with Crippen molar-refractivity contribution < 1.29 is 155 Å². The Balaban J connectivity index is 0.875. The molecule has 4 fully saturated rings. The second-order valence-corrected chi connectivity index (χ2v) is 34.5. The number of amides is 9. The summed E-state index contributed by atoms with van der Waals surface area (Å²) in [5, 5.41) is 165. The first-order valence-electron chi connectivity index (χ1n) is 42.1. The Labute approximate surface area is 765 Å². The van der Waals surface area contributed by atoms with Crippen LogP contribution in [0.25, 0.3) is 11.1 Å². The number of carbonyl (C=O) groups is 8. The van der Waals surface area contributed by atoms with Gasteiger partial charge >= 0.3 is 12.4 Å². The van der Waals surface area contributed by atoms with E-state index in [1.165, 1.54) is 51.2 Å². The van der Waals surface area contributed by atoms with Crippen LogP contribution in [0.2, 0.25) is 10.0 Å². The van der Waals surface area contributed by atoms with Crippen molar-refractivity contribution in [2.24, 2.45) is 17.4 Å². The number of carbonyl (C=O) groups excluding carboxylic acids is 8. The van der Waals surface area contributed by atoms with Crippen LogP contribution in [0.3, 0.4) is 0 Å². The lowest BCUT2D eigenvalue weighted by atomic mass is 9.86. The molecule has 23 atom stereocenters. The summed E-state index contributed by atoms with van der Waals surface area (Å²) >= 11 is 14.5. The van der Waals surface area contributed by atoms with Crippen LogP contribution in [-0.4, -0.2) is 294 Å². The predicted octanol–water partition coefficient (Wildman–Crippen LogP) is -0.354. The molecular weight excluding hydrogens is 1810 g/mol. The minimum atomic E-state index is -4.91. The van der Waals surface area contributed by atoms with Crippen LogP contribution >= 0.6 is 23.2 Å². The van der Waals surface area contributed by atoms with E-state index < -0.39 is 291 Å². The van der Waals surface area contributed by atoms with Gasteiger partial charge in [-0.2, -0.15) is 0 Å². The summed E-state index contributed by atoms with van der Waals surface area (Å²) in [4.78, 5) is 121. The van der Waals surface area contributed by atoms with E-state index in [-0.39, 0.29) is 54.2 Å². The van der Waals surface area contributed by atoms with Gasteiger partial charge in [-0.25, -0.2) is 9.80 Å². The number of rotatable bonds is 22. The Morgan fingerprint density at radius 3 is 1.92 bits per heavy atom. The number of piperazine rings is 1. The van der Waals surface area contributed by atoms with Crippen molar-refractivity contribution >= 4 is 76.3 Å². The number of anilines is 1. The second kappa shape index (κ2) is 41.9. The first-order chi connectivity index (χ1) is 62.9. The number of primary amides is 1. The fraction of sp³-hybridized carbons (Fsp3) is 0.482. The number of ether oxygens (including phenoxy) is 9. The van der Waals surface area contributed by atoms with E-state index in [0.29, 0.717) is 32.7 Å². The monoisotopic (exact) mass is 1910 g/mol. The van der Waals surface area contributed by atoms with Crippen LogP contribution in [0, 0.1) is 5.92 Å². The zero-order valence-electron chi connectivity index (χ0n) is 71.6. The number of benzene rings is 6. The Kier molecular flexibility index (Phi) is 31.4. The van der Waals surface area contributed by atoms with Crippen LogP contribution in [0.1, 0.15) is 105 Å². The largest absolute Gasteiger partial charge is 0.573 e. The number of nitrogens with zero attached hydrogens (tertiary/aromatic N) is 2. The third-order valence-electron chi connectivity index (χ3n) is 23.3. The zero-order valence-corrected chi connectivity index (χ0v) is 73.1. The summed E-state index contributed by atoms with van der Waals surface area (Å²) in [5.41, 5.74) is 11.3. The molecule has 9 aliphatic heterocycles. The molecule has 9 heterocycles. The van der Waals surface area contributed by atoms with Crippen molar-refractivity contribution in [2.75, 3.05) is 64.8 Å². The van der Waals surface area contributed by atoms with E-state index in [1.54, 1.807) is 18.9 Å². The number of aliphatic hydroxyl groups is 9. The molecule has 6 aromatic rings. The number of fused-ring (bicyclic) bond motifs is 15. The quantitative estimate of drug-likeness (QED) is 0.0386. The molecule has 26 N–H and O–H groups in total. The van der Waals surface area contributed by atoms with E-state index in [1.807, 2.05) is 4.90 Å². The minimum Gasteiger partial charge on any atom is -0.508 e. The van der Waals surface area contributed by atoms with E-state index in [4.69, 9.17) is 72.6 Å². The molecule has 9 aliphatic rings. The van der Waals surface area contributed by atoms with Crippen LogP contribution < -0.4 is 83.7 Å². The minimum absolute atomic E-state index is 0.135. The van der Waals surface area contributed by atoms with Gasteiger partial charge in [0.05, 0.1) is 41.3 Å². The number of hydrogen-bond acceptors (Lipinski definition) is 34. The van der Waals surface area contributed by atoms with Gasteiger partial charge in [-0.1, -0.05) is 55.2 Å². The maximum Gasteiger partial charge on any atom is 0.573 e. The molecule has 43 nitrogen and oxygen atoms in total. The molecule has 722 valence electrons. The topological polar surface area (TPSA) is 641 Å². The third kappa shape index (κ3) is 23.4. The molecule has 0 spiro atoms. The Morgan fingerprint density at radius 1 is 0.669 bits per heavy atom. The second-order valence-electron chi connectivity index (χ2n) is 33.6. The van der Waals surface area contributed by atoms with Gasteiger partial charge in [0.25, 0.3) is 0 Å². The fourth-order valence-corrected chi connectivity index (χ4v) is 16.8. The number of aromatic hydroxyl groups is 3. The molecule has 48 heteroatoms. The molecule has 0 saturated carbocycles. The number of phenolic OH excluding ortho intramolecular Hbond substituents is 3. The van der Waals surface area contributed by atoms with Crippen molar-refractivity contribution in [3.8, 4) is 62.9 Å². The maximum absolute atomic E-state index is 16.4. The molecule has 133 heavy (non-hydrogen) atoms. The van der Waals surface area contributed by atoms with Gasteiger partial charge in [0.2, 0.25) is 53.4 Å². The van der Waals surface area contributed by atoms with Gasteiger partial charge in [-0.05, 0) is 134 Å². The highest BCUT2D eigenvalue weighted by Crippen LogP contribution is 2.50. The van der Waals surface area contributed by atoms with Gasteiger partial charge in [0.1, 0.15) is 126 Å². The number of urea groups is 1. The van der Waals surface area contributed by atoms with Crippen LogP contribution in [0.15, 0.2) is 103 Å². The molecule has 11 bridgehead atoms. The number of halogens is 5. The number of hydrazine groups is 1. The van der Waals surface area contributed by atoms with E-state index in [2.05, 4.69) is 58.0 Å². The summed E-state index contributed by atoms with van der Waals surface area (Å²) in [6, 6.07) is 5.59. The van der Waals surface area contributed by atoms with Gasteiger partial charge in [0.15, 0.2) is 30.3 Å². The van der Waals surface area contributed by atoms with Gasteiger partial charge in [-0.15, -0.1) is 13.2 Å². The number of hydrogen-bond donors (Lipinski definition) is 24. The summed E-state index contributed by atoms with van der Waals surface area (Å²) in [6.07, 6.45) is -36.5. The van der Waals surface area contributed by atoms with Crippen molar-refractivity contribution in [3.63, 3.8) is 0 Å². The molecular formula is C85H103Cl2F3N14O29. The number of likely N-dealkylation sites (N-methyl/N-ethyl adjacent to an activating group) is 1.